The lowest BCUT2D eigenvalue weighted by Gasteiger charge is -2.25. The van der Waals surface area contributed by atoms with Crippen LogP contribution < -0.4 is 5.32 Å². The average Bonchev–Trinajstić information content (AvgIpc) is 3.07. The van der Waals surface area contributed by atoms with Crippen molar-refractivity contribution in [3.63, 3.8) is 0 Å². The van der Waals surface area contributed by atoms with Crippen LogP contribution in [0, 0.1) is 0 Å². The number of piperidine rings is 1. The molecule has 156 valence electrons. The molecule has 0 spiro atoms. The van der Waals surface area contributed by atoms with Crippen molar-refractivity contribution in [3.8, 4) is 11.1 Å². The van der Waals surface area contributed by atoms with Gasteiger partial charge in [-0.2, -0.15) is 0 Å². The van der Waals surface area contributed by atoms with E-state index in [4.69, 9.17) is 27.9 Å². The first kappa shape index (κ1) is 22.1. The molecular weight excluding hydrogens is 431 g/mol. The summed E-state index contributed by atoms with van der Waals surface area (Å²) in [6.45, 7) is 5.75. The highest BCUT2D eigenvalue weighted by molar-refractivity contribution is 7.15. The van der Waals surface area contributed by atoms with Crippen molar-refractivity contribution in [1.29, 1.82) is 0 Å². The third kappa shape index (κ3) is 5.72. The van der Waals surface area contributed by atoms with Crippen molar-refractivity contribution >= 4 is 51.4 Å². The molecule has 0 atom stereocenters. The van der Waals surface area contributed by atoms with Crippen LogP contribution in [0.2, 0.25) is 10.0 Å². The number of hydrogen-bond donors (Lipinski definition) is 1. The number of nitrogens with one attached hydrogen (secondary N) is 1. The molecule has 29 heavy (non-hydrogen) atoms. The second-order valence-corrected chi connectivity index (χ2v) is 9.02. The van der Waals surface area contributed by atoms with Crippen LogP contribution in [0.1, 0.15) is 43.5 Å². The summed E-state index contributed by atoms with van der Waals surface area (Å²) in [6.07, 6.45) is 3.15. The number of likely N-dealkylation sites (tertiary alicyclic amines) is 1. The van der Waals surface area contributed by atoms with Crippen LogP contribution in [0.3, 0.4) is 0 Å². The summed E-state index contributed by atoms with van der Waals surface area (Å²) < 4.78 is 5.43. The van der Waals surface area contributed by atoms with Crippen LogP contribution >= 0.6 is 34.5 Å². The van der Waals surface area contributed by atoms with E-state index < -0.39 is 5.97 Å². The van der Waals surface area contributed by atoms with Gasteiger partial charge in [-0.15, -0.1) is 11.3 Å². The van der Waals surface area contributed by atoms with Gasteiger partial charge in [-0.25, -0.2) is 4.79 Å². The Morgan fingerprint density at radius 3 is 2.55 bits per heavy atom. The number of anilines is 1. The summed E-state index contributed by atoms with van der Waals surface area (Å²) in [5, 5.41) is 6.05. The van der Waals surface area contributed by atoms with Crippen molar-refractivity contribution in [1.82, 2.24) is 4.90 Å². The SMILES string of the molecule is CC(C)OC(=O)c1c(-c2ccc(Cl)c(Cl)c2)csc1NC(=O)CN1CCCCC1. The maximum absolute atomic E-state index is 12.8. The van der Waals surface area contributed by atoms with Gasteiger partial charge in [0.1, 0.15) is 10.6 Å². The number of carbonyl (C=O) groups excluding carboxylic acids is 2. The number of esters is 1. The molecule has 1 aromatic carbocycles. The Labute approximate surface area is 184 Å². The molecule has 0 saturated carbocycles. The Balaban J connectivity index is 1.87. The lowest BCUT2D eigenvalue weighted by molar-refractivity contribution is -0.117. The minimum Gasteiger partial charge on any atom is -0.459 e. The smallest absolute Gasteiger partial charge is 0.342 e. The summed E-state index contributed by atoms with van der Waals surface area (Å²) in [6, 6.07) is 5.18. The van der Waals surface area contributed by atoms with E-state index in [1.165, 1.54) is 17.8 Å². The van der Waals surface area contributed by atoms with Crippen molar-refractivity contribution in [2.24, 2.45) is 0 Å². The topological polar surface area (TPSA) is 58.6 Å². The first-order valence-electron chi connectivity index (χ1n) is 9.65. The predicted molar refractivity (Wildman–Crippen MR) is 119 cm³/mol. The number of nitrogens with zero attached hydrogens (tertiary/aromatic N) is 1. The van der Waals surface area contributed by atoms with Crippen LogP contribution in [0.5, 0.6) is 0 Å². The van der Waals surface area contributed by atoms with Gasteiger partial charge in [-0.3, -0.25) is 9.69 Å². The molecule has 1 amide bonds. The molecular formula is C21H24Cl2N2O3S. The van der Waals surface area contributed by atoms with Crippen LogP contribution in [-0.2, 0) is 9.53 Å². The summed E-state index contributed by atoms with van der Waals surface area (Å²) in [5.41, 5.74) is 1.74. The molecule has 2 heterocycles. The Morgan fingerprint density at radius 2 is 1.90 bits per heavy atom. The van der Waals surface area contributed by atoms with Gasteiger partial charge in [0.2, 0.25) is 5.91 Å². The summed E-state index contributed by atoms with van der Waals surface area (Å²) >= 11 is 13.5. The Morgan fingerprint density at radius 1 is 1.17 bits per heavy atom. The van der Waals surface area contributed by atoms with Gasteiger partial charge >= 0.3 is 5.97 Å². The monoisotopic (exact) mass is 454 g/mol. The molecule has 2 aromatic rings. The number of halogens is 2. The number of thiophene rings is 1. The summed E-state index contributed by atoms with van der Waals surface area (Å²) in [7, 11) is 0. The van der Waals surface area contributed by atoms with Gasteiger partial charge in [-0.1, -0.05) is 35.7 Å². The molecule has 8 heteroatoms. The summed E-state index contributed by atoms with van der Waals surface area (Å²) in [4.78, 5) is 27.5. The third-order valence-electron chi connectivity index (χ3n) is 4.64. The highest BCUT2D eigenvalue weighted by Crippen LogP contribution is 2.38. The van der Waals surface area contributed by atoms with E-state index in [1.54, 1.807) is 32.0 Å². The van der Waals surface area contributed by atoms with Gasteiger partial charge in [-0.05, 0) is 57.5 Å². The number of benzene rings is 1. The zero-order valence-electron chi connectivity index (χ0n) is 16.5. The molecule has 1 N–H and O–H groups in total. The molecule has 1 fully saturated rings. The van der Waals surface area contributed by atoms with Gasteiger partial charge in [0.15, 0.2) is 0 Å². The lowest BCUT2D eigenvalue weighted by atomic mass is 10.0. The Bertz CT molecular complexity index is 892. The molecule has 1 aliphatic heterocycles. The summed E-state index contributed by atoms with van der Waals surface area (Å²) in [5.74, 6) is -0.608. The zero-order chi connectivity index (χ0) is 21.0. The normalized spacial score (nSPS) is 14.8. The zero-order valence-corrected chi connectivity index (χ0v) is 18.8. The van der Waals surface area contributed by atoms with Gasteiger partial charge in [0.25, 0.3) is 0 Å². The van der Waals surface area contributed by atoms with E-state index in [0.29, 0.717) is 32.7 Å². The van der Waals surface area contributed by atoms with Crippen molar-refractivity contribution in [2.45, 2.75) is 39.2 Å². The van der Waals surface area contributed by atoms with Gasteiger partial charge < -0.3 is 10.1 Å². The number of carbonyl (C=O) groups is 2. The molecule has 0 unspecified atom stereocenters. The van der Waals surface area contributed by atoms with Crippen LogP contribution in [-0.4, -0.2) is 42.5 Å². The standard InChI is InChI=1S/C21H24Cl2N2O3S/c1-13(2)28-21(27)19-15(14-6-7-16(22)17(23)10-14)12-29-20(19)24-18(26)11-25-8-4-3-5-9-25/h6-7,10,12-13H,3-5,8-9,11H2,1-2H3,(H,24,26). The number of ether oxygens (including phenoxy) is 1. The highest BCUT2D eigenvalue weighted by Gasteiger charge is 2.25. The maximum Gasteiger partial charge on any atom is 0.342 e. The van der Waals surface area contributed by atoms with E-state index in [1.807, 2.05) is 5.38 Å². The minimum atomic E-state index is -0.476. The van der Waals surface area contributed by atoms with E-state index in [9.17, 15) is 9.59 Å². The maximum atomic E-state index is 12.8. The van der Waals surface area contributed by atoms with E-state index in [-0.39, 0.29) is 12.0 Å². The van der Waals surface area contributed by atoms with Gasteiger partial charge in [0.05, 0.1) is 22.7 Å². The largest absolute Gasteiger partial charge is 0.459 e. The van der Waals surface area contributed by atoms with Crippen molar-refractivity contribution < 1.29 is 14.3 Å². The molecule has 0 radical (unpaired) electrons. The molecule has 0 bridgehead atoms. The van der Waals surface area contributed by atoms with E-state index >= 15 is 0 Å². The van der Waals surface area contributed by atoms with Crippen LogP contribution in [0.25, 0.3) is 11.1 Å². The Hall–Kier alpha value is -1.60. The first-order valence-corrected chi connectivity index (χ1v) is 11.3. The lowest BCUT2D eigenvalue weighted by Crippen LogP contribution is -2.36. The second-order valence-electron chi connectivity index (χ2n) is 7.32. The first-order chi connectivity index (χ1) is 13.8. The molecule has 1 saturated heterocycles. The van der Waals surface area contributed by atoms with Crippen LogP contribution in [0.4, 0.5) is 5.00 Å². The quantitative estimate of drug-likeness (QED) is 0.567. The number of amides is 1. The molecule has 0 aliphatic carbocycles. The van der Waals surface area contributed by atoms with E-state index in [2.05, 4.69) is 10.2 Å². The fourth-order valence-corrected chi connectivity index (χ4v) is 4.56. The molecule has 5 nitrogen and oxygen atoms in total. The minimum absolute atomic E-state index is 0.131. The fourth-order valence-electron chi connectivity index (χ4n) is 3.29. The highest BCUT2D eigenvalue weighted by atomic mass is 35.5. The number of rotatable bonds is 6. The average molecular weight is 455 g/mol. The Kier molecular flexibility index (Phi) is 7.57. The third-order valence-corrected chi connectivity index (χ3v) is 6.27. The number of hydrogen-bond acceptors (Lipinski definition) is 5. The molecule has 1 aromatic heterocycles. The fraction of sp³-hybridized carbons (Fsp3) is 0.429. The van der Waals surface area contributed by atoms with E-state index in [0.717, 1.165) is 31.5 Å². The molecule has 3 rings (SSSR count). The van der Waals surface area contributed by atoms with Gasteiger partial charge in [0, 0.05) is 10.9 Å². The van der Waals surface area contributed by atoms with Crippen molar-refractivity contribution in [2.75, 3.05) is 25.0 Å². The van der Waals surface area contributed by atoms with Crippen LogP contribution in [0.15, 0.2) is 23.6 Å². The predicted octanol–water partition coefficient (Wildman–Crippen LogP) is 5.71. The molecule has 1 aliphatic rings. The van der Waals surface area contributed by atoms with Crippen molar-refractivity contribution in [3.05, 3.63) is 39.2 Å². The second kappa shape index (κ2) is 9.94.